The molecule has 0 unspecified atom stereocenters. The summed E-state index contributed by atoms with van der Waals surface area (Å²) < 4.78 is 28.0. The quantitative estimate of drug-likeness (QED) is 0.725. The zero-order valence-electron chi connectivity index (χ0n) is 14.8. The van der Waals surface area contributed by atoms with Gasteiger partial charge in [-0.25, -0.2) is 13.4 Å². The molecule has 134 valence electrons. The van der Waals surface area contributed by atoms with E-state index >= 15 is 0 Å². The van der Waals surface area contributed by atoms with Gasteiger partial charge in [0.25, 0.3) is 0 Å². The Bertz CT molecular complexity index is 833. The fourth-order valence-electron chi connectivity index (χ4n) is 3.16. The number of hydrogen-bond donors (Lipinski definition) is 0. The summed E-state index contributed by atoms with van der Waals surface area (Å²) in [7, 11) is -3.50. The molecule has 1 saturated heterocycles. The van der Waals surface area contributed by atoms with Crippen LogP contribution >= 0.6 is 11.8 Å². The van der Waals surface area contributed by atoms with Gasteiger partial charge in [-0.3, -0.25) is 0 Å². The number of pyridine rings is 1. The molecule has 3 rings (SSSR count). The van der Waals surface area contributed by atoms with E-state index < -0.39 is 10.0 Å². The summed E-state index contributed by atoms with van der Waals surface area (Å²) in [6.07, 6.45) is 3.49. The van der Waals surface area contributed by atoms with Gasteiger partial charge in [0.2, 0.25) is 10.0 Å². The minimum absolute atomic E-state index is 0.138. The fourth-order valence-corrected chi connectivity index (χ4v) is 5.75. The van der Waals surface area contributed by atoms with E-state index in [2.05, 4.69) is 18.8 Å². The van der Waals surface area contributed by atoms with E-state index in [4.69, 9.17) is 0 Å². The normalized spacial score (nSPS) is 18.8. The van der Waals surface area contributed by atoms with Crippen LogP contribution in [0.5, 0.6) is 0 Å². The van der Waals surface area contributed by atoms with Crippen LogP contribution in [-0.2, 0) is 10.0 Å². The molecule has 0 bridgehead atoms. The molecule has 2 aromatic rings. The molecular formula is C19H24N2O2S2. The lowest BCUT2D eigenvalue weighted by atomic mass is 10.1. The van der Waals surface area contributed by atoms with Crippen LogP contribution in [0.15, 0.2) is 52.5 Å². The van der Waals surface area contributed by atoms with Crippen molar-refractivity contribution >= 4 is 21.8 Å². The van der Waals surface area contributed by atoms with Crippen molar-refractivity contribution in [1.82, 2.24) is 9.29 Å². The van der Waals surface area contributed by atoms with Gasteiger partial charge < -0.3 is 0 Å². The highest BCUT2D eigenvalue weighted by Crippen LogP contribution is 2.40. The van der Waals surface area contributed by atoms with Gasteiger partial charge in [0.15, 0.2) is 0 Å². The van der Waals surface area contributed by atoms with Crippen LogP contribution in [0.2, 0.25) is 0 Å². The molecule has 0 amide bonds. The Morgan fingerprint density at radius 2 is 1.92 bits per heavy atom. The lowest BCUT2D eigenvalue weighted by Gasteiger charge is -2.26. The first-order valence-electron chi connectivity index (χ1n) is 8.59. The maximum atomic E-state index is 13.2. The van der Waals surface area contributed by atoms with Crippen molar-refractivity contribution in [1.29, 1.82) is 0 Å². The van der Waals surface area contributed by atoms with Crippen molar-refractivity contribution in [3.8, 4) is 0 Å². The molecule has 25 heavy (non-hydrogen) atoms. The molecule has 1 fully saturated rings. The summed E-state index contributed by atoms with van der Waals surface area (Å²) in [5.41, 5.74) is 2.08. The molecule has 2 heterocycles. The average molecular weight is 377 g/mol. The van der Waals surface area contributed by atoms with Crippen LogP contribution in [0.4, 0.5) is 0 Å². The minimum Gasteiger partial charge on any atom is -0.250 e. The van der Waals surface area contributed by atoms with Crippen LogP contribution in [0, 0.1) is 6.92 Å². The molecule has 0 radical (unpaired) electrons. The predicted molar refractivity (Wildman–Crippen MR) is 102 cm³/mol. The van der Waals surface area contributed by atoms with Gasteiger partial charge in [0, 0.05) is 23.6 Å². The zero-order chi connectivity index (χ0) is 18.0. The largest absolute Gasteiger partial charge is 0.250 e. The van der Waals surface area contributed by atoms with Crippen molar-refractivity contribution in [2.24, 2.45) is 0 Å². The summed E-state index contributed by atoms with van der Waals surface area (Å²) in [6.45, 7) is 6.76. The van der Waals surface area contributed by atoms with Crippen LogP contribution in [0.3, 0.4) is 0 Å². The second-order valence-electron chi connectivity index (χ2n) is 6.65. The fraction of sp³-hybridized carbons (Fsp3) is 0.421. The van der Waals surface area contributed by atoms with Crippen molar-refractivity contribution in [3.05, 3.63) is 53.7 Å². The van der Waals surface area contributed by atoms with Gasteiger partial charge in [0.05, 0.1) is 10.9 Å². The maximum Gasteiger partial charge on any atom is 0.243 e. The summed E-state index contributed by atoms with van der Waals surface area (Å²) in [6, 6.07) is 10.9. The Morgan fingerprint density at radius 1 is 1.20 bits per heavy atom. The number of benzene rings is 1. The highest BCUT2D eigenvalue weighted by Gasteiger charge is 2.37. The predicted octanol–water partition coefficient (Wildman–Crippen LogP) is 4.42. The molecule has 4 nitrogen and oxygen atoms in total. The van der Waals surface area contributed by atoms with Crippen LogP contribution in [0.1, 0.15) is 43.9 Å². The molecule has 1 aromatic carbocycles. The Balaban J connectivity index is 1.97. The van der Waals surface area contributed by atoms with Gasteiger partial charge in [-0.05, 0) is 38.0 Å². The Morgan fingerprint density at radius 3 is 2.60 bits per heavy atom. The maximum absolute atomic E-state index is 13.2. The van der Waals surface area contributed by atoms with Gasteiger partial charge in [-0.1, -0.05) is 37.6 Å². The monoisotopic (exact) mass is 376 g/mol. The number of thioether (sulfide) groups is 1. The van der Waals surface area contributed by atoms with Gasteiger partial charge in [-0.2, -0.15) is 4.31 Å². The number of aromatic nitrogens is 1. The minimum atomic E-state index is -3.50. The van der Waals surface area contributed by atoms with Crippen LogP contribution in [0.25, 0.3) is 0 Å². The van der Waals surface area contributed by atoms with Gasteiger partial charge >= 0.3 is 0 Å². The molecule has 0 N–H and O–H groups in total. The molecule has 1 aromatic heterocycles. The third kappa shape index (κ3) is 3.91. The molecule has 1 aliphatic heterocycles. The molecule has 6 heteroatoms. The summed E-state index contributed by atoms with van der Waals surface area (Å²) in [5, 5.41) is 1.34. The number of hydrogen-bond acceptors (Lipinski definition) is 4. The van der Waals surface area contributed by atoms with Crippen molar-refractivity contribution in [2.75, 3.05) is 6.54 Å². The molecule has 0 spiro atoms. The number of nitrogens with zero attached hydrogens (tertiary/aromatic N) is 2. The highest BCUT2D eigenvalue weighted by molar-refractivity contribution is 7.99. The summed E-state index contributed by atoms with van der Waals surface area (Å²) >= 11 is 1.69. The van der Waals surface area contributed by atoms with E-state index in [-0.39, 0.29) is 6.04 Å². The third-order valence-electron chi connectivity index (χ3n) is 4.34. The SMILES string of the molecule is Cc1ccc(S(=O)(=O)N2CCC[C@H]2c2cccnc2SC(C)C)cc1. The standard InChI is InChI=1S/C19H24N2O2S2/c1-14(2)24-19-17(6-4-12-20-19)18-7-5-13-21(18)25(22,23)16-10-8-15(3)9-11-16/h4,6,8-12,14,18H,5,7,13H2,1-3H3/t18-/m0/s1. The van der Waals surface area contributed by atoms with Crippen LogP contribution < -0.4 is 0 Å². The first kappa shape index (κ1) is 18.4. The van der Waals surface area contributed by atoms with Gasteiger partial charge in [0.1, 0.15) is 5.03 Å². The van der Waals surface area contributed by atoms with E-state index in [1.54, 1.807) is 34.4 Å². The van der Waals surface area contributed by atoms with E-state index in [1.165, 1.54) is 0 Å². The molecule has 1 atom stereocenters. The number of aryl methyl sites for hydroxylation is 1. The summed E-state index contributed by atoms with van der Waals surface area (Å²) in [5.74, 6) is 0. The zero-order valence-corrected chi connectivity index (χ0v) is 16.5. The molecule has 0 aliphatic carbocycles. The Hall–Kier alpha value is -1.37. The second kappa shape index (κ2) is 7.48. The van der Waals surface area contributed by atoms with E-state index in [0.29, 0.717) is 16.7 Å². The Labute approximate surface area is 154 Å². The highest BCUT2D eigenvalue weighted by atomic mass is 32.2. The van der Waals surface area contributed by atoms with E-state index in [9.17, 15) is 8.42 Å². The van der Waals surface area contributed by atoms with Crippen molar-refractivity contribution in [2.45, 2.75) is 54.8 Å². The third-order valence-corrected chi connectivity index (χ3v) is 7.30. The summed E-state index contributed by atoms with van der Waals surface area (Å²) in [4.78, 5) is 4.87. The lowest BCUT2D eigenvalue weighted by Crippen LogP contribution is -2.31. The van der Waals surface area contributed by atoms with Crippen molar-refractivity contribution in [3.63, 3.8) is 0 Å². The number of rotatable bonds is 5. The van der Waals surface area contributed by atoms with Crippen molar-refractivity contribution < 1.29 is 8.42 Å². The van der Waals surface area contributed by atoms with E-state index in [0.717, 1.165) is 29.0 Å². The smallest absolute Gasteiger partial charge is 0.243 e. The Kier molecular flexibility index (Phi) is 5.51. The molecule has 1 aliphatic rings. The molecular weight excluding hydrogens is 352 g/mol. The van der Waals surface area contributed by atoms with Gasteiger partial charge in [-0.15, -0.1) is 11.8 Å². The molecule has 0 saturated carbocycles. The average Bonchev–Trinajstić information content (AvgIpc) is 3.05. The second-order valence-corrected chi connectivity index (χ2v) is 10.1. The van der Waals surface area contributed by atoms with Crippen LogP contribution in [-0.4, -0.2) is 29.5 Å². The van der Waals surface area contributed by atoms with E-state index in [1.807, 2.05) is 31.2 Å². The lowest BCUT2D eigenvalue weighted by molar-refractivity contribution is 0.391. The topological polar surface area (TPSA) is 50.3 Å². The number of sulfonamides is 1. The first-order valence-corrected chi connectivity index (χ1v) is 10.9. The first-order chi connectivity index (χ1) is 11.9.